The quantitative estimate of drug-likeness (QED) is 0.540. The first-order valence-corrected chi connectivity index (χ1v) is 8.66. The molecule has 1 amide bonds. The van der Waals surface area contributed by atoms with E-state index in [0.29, 0.717) is 16.9 Å². The molecule has 0 atom stereocenters. The highest BCUT2D eigenvalue weighted by molar-refractivity contribution is 6.46. The molecular formula is C22H21FN2O2. The Morgan fingerprint density at radius 1 is 0.963 bits per heavy atom. The second-order valence-corrected chi connectivity index (χ2v) is 6.63. The number of halogens is 1. The zero-order valence-corrected chi connectivity index (χ0v) is 15.8. The predicted molar refractivity (Wildman–Crippen MR) is 104 cm³/mol. The largest absolute Gasteiger partial charge is 0.319 e. The molecule has 1 aromatic heterocycles. The van der Waals surface area contributed by atoms with Gasteiger partial charge in [0.2, 0.25) is 0 Å². The fourth-order valence-electron chi connectivity index (χ4n) is 3.18. The van der Waals surface area contributed by atoms with Crippen LogP contribution < -0.4 is 5.32 Å². The number of hydrogen-bond acceptors (Lipinski definition) is 2. The summed E-state index contributed by atoms with van der Waals surface area (Å²) >= 11 is 0. The molecule has 0 aliphatic heterocycles. The van der Waals surface area contributed by atoms with E-state index in [9.17, 15) is 14.0 Å². The Morgan fingerprint density at radius 3 is 2.30 bits per heavy atom. The number of nitrogens with one attached hydrogen (secondary N) is 1. The number of aryl methyl sites for hydroxylation is 2. The lowest BCUT2D eigenvalue weighted by atomic mass is 10.1. The van der Waals surface area contributed by atoms with Crippen molar-refractivity contribution in [2.45, 2.75) is 27.7 Å². The van der Waals surface area contributed by atoms with E-state index in [1.807, 2.05) is 50.5 Å². The van der Waals surface area contributed by atoms with E-state index in [0.717, 1.165) is 22.5 Å². The molecule has 5 heteroatoms. The van der Waals surface area contributed by atoms with Gasteiger partial charge in [-0.05, 0) is 75.2 Å². The lowest BCUT2D eigenvalue weighted by Gasteiger charge is -2.14. The second-order valence-electron chi connectivity index (χ2n) is 6.63. The third kappa shape index (κ3) is 3.53. The molecule has 0 aliphatic rings. The molecule has 0 saturated heterocycles. The van der Waals surface area contributed by atoms with Crippen molar-refractivity contribution in [1.82, 2.24) is 4.57 Å². The van der Waals surface area contributed by atoms with Crippen molar-refractivity contribution in [1.29, 1.82) is 0 Å². The molecule has 0 fully saturated rings. The Bertz CT molecular complexity index is 1030. The summed E-state index contributed by atoms with van der Waals surface area (Å²) in [5.74, 6) is -1.77. The summed E-state index contributed by atoms with van der Waals surface area (Å²) < 4.78 is 15.0. The molecule has 0 spiro atoms. The van der Waals surface area contributed by atoms with Gasteiger partial charge >= 0.3 is 0 Å². The van der Waals surface area contributed by atoms with Crippen molar-refractivity contribution >= 4 is 17.4 Å². The van der Waals surface area contributed by atoms with Crippen molar-refractivity contribution < 1.29 is 14.0 Å². The molecule has 3 rings (SSSR count). The number of hydrogen-bond donors (Lipinski definition) is 1. The number of aromatic nitrogens is 1. The molecule has 0 radical (unpaired) electrons. The Labute approximate surface area is 157 Å². The van der Waals surface area contributed by atoms with Crippen molar-refractivity contribution in [2.75, 3.05) is 5.32 Å². The maximum atomic E-state index is 13.0. The van der Waals surface area contributed by atoms with Crippen LogP contribution in [0.1, 0.15) is 32.9 Å². The molecule has 0 saturated carbocycles. The molecule has 0 aliphatic carbocycles. The number of Topliss-reactive ketones (excluding diaryl/α,β-unsaturated/α-hetero) is 1. The molecule has 4 nitrogen and oxygen atoms in total. The number of anilines is 1. The first-order chi connectivity index (χ1) is 12.8. The molecule has 1 heterocycles. The van der Waals surface area contributed by atoms with Crippen molar-refractivity contribution in [2.24, 2.45) is 0 Å². The van der Waals surface area contributed by atoms with E-state index >= 15 is 0 Å². The molecule has 1 N–H and O–H groups in total. The average molecular weight is 364 g/mol. The molecule has 3 aromatic rings. The zero-order chi connectivity index (χ0) is 19.7. The van der Waals surface area contributed by atoms with Gasteiger partial charge in [-0.25, -0.2) is 4.39 Å². The van der Waals surface area contributed by atoms with Crippen LogP contribution in [0.25, 0.3) is 5.69 Å². The van der Waals surface area contributed by atoms with Gasteiger partial charge < -0.3 is 9.88 Å². The van der Waals surface area contributed by atoms with E-state index in [1.165, 1.54) is 24.3 Å². The van der Waals surface area contributed by atoms with Crippen LogP contribution in [-0.2, 0) is 4.79 Å². The van der Waals surface area contributed by atoms with Gasteiger partial charge in [-0.1, -0.05) is 12.1 Å². The van der Waals surface area contributed by atoms with E-state index in [2.05, 4.69) is 5.32 Å². The normalized spacial score (nSPS) is 10.7. The van der Waals surface area contributed by atoms with Crippen LogP contribution in [0.4, 0.5) is 10.1 Å². The van der Waals surface area contributed by atoms with Gasteiger partial charge in [0.05, 0.1) is 0 Å². The number of amides is 1. The maximum absolute atomic E-state index is 13.0. The SMILES string of the molecule is Cc1cccc(-n2c(C)cc(C(=O)C(=O)Nc3ccc(F)cc3)c2C)c1C. The van der Waals surface area contributed by atoms with Crippen LogP contribution in [0.5, 0.6) is 0 Å². The molecule has 2 aromatic carbocycles. The summed E-state index contributed by atoms with van der Waals surface area (Å²) in [6.07, 6.45) is 0. The summed E-state index contributed by atoms with van der Waals surface area (Å²) in [5.41, 5.74) is 5.57. The summed E-state index contributed by atoms with van der Waals surface area (Å²) in [5, 5.41) is 2.52. The number of ketones is 1. The van der Waals surface area contributed by atoms with Gasteiger partial charge in [-0.2, -0.15) is 0 Å². The van der Waals surface area contributed by atoms with E-state index < -0.39 is 17.5 Å². The van der Waals surface area contributed by atoms with Gasteiger partial charge in [0, 0.05) is 28.3 Å². The molecule has 0 bridgehead atoms. The van der Waals surface area contributed by atoms with Crippen LogP contribution in [0, 0.1) is 33.5 Å². The Kier molecular flexibility index (Phi) is 4.95. The van der Waals surface area contributed by atoms with Crippen LogP contribution in [0.2, 0.25) is 0 Å². The minimum absolute atomic E-state index is 0.355. The predicted octanol–water partition coefficient (Wildman–Crippen LogP) is 4.67. The number of benzene rings is 2. The number of nitrogens with zero attached hydrogens (tertiary/aromatic N) is 1. The smallest absolute Gasteiger partial charge is 0.296 e. The molecular weight excluding hydrogens is 343 g/mol. The lowest BCUT2D eigenvalue weighted by Crippen LogP contribution is -2.23. The third-order valence-corrected chi connectivity index (χ3v) is 4.80. The summed E-state index contributed by atoms with van der Waals surface area (Å²) in [6, 6.07) is 13.0. The summed E-state index contributed by atoms with van der Waals surface area (Å²) in [6.45, 7) is 7.80. The second kappa shape index (κ2) is 7.19. The molecule has 27 heavy (non-hydrogen) atoms. The topological polar surface area (TPSA) is 51.1 Å². The first kappa shape index (κ1) is 18.6. The Hall–Kier alpha value is -3.21. The van der Waals surface area contributed by atoms with Crippen LogP contribution >= 0.6 is 0 Å². The van der Waals surface area contributed by atoms with E-state index in [-0.39, 0.29) is 0 Å². The van der Waals surface area contributed by atoms with Gasteiger partial charge in [0.1, 0.15) is 5.82 Å². The van der Waals surface area contributed by atoms with Crippen LogP contribution in [0.15, 0.2) is 48.5 Å². The highest BCUT2D eigenvalue weighted by Crippen LogP contribution is 2.25. The fraction of sp³-hybridized carbons (Fsp3) is 0.182. The first-order valence-electron chi connectivity index (χ1n) is 8.66. The van der Waals surface area contributed by atoms with Gasteiger partial charge in [0.15, 0.2) is 0 Å². The van der Waals surface area contributed by atoms with E-state index in [4.69, 9.17) is 0 Å². The fourth-order valence-corrected chi connectivity index (χ4v) is 3.18. The Morgan fingerprint density at radius 2 is 1.63 bits per heavy atom. The van der Waals surface area contributed by atoms with Crippen LogP contribution in [0.3, 0.4) is 0 Å². The Balaban J connectivity index is 1.93. The van der Waals surface area contributed by atoms with Gasteiger partial charge in [-0.3, -0.25) is 9.59 Å². The zero-order valence-electron chi connectivity index (χ0n) is 15.8. The average Bonchev–Trinajstić information content (AvgIpc) is 2.93. The standard InChI is InChI=1S/C22H21FN2O2/c1-13-6-5-7-20(15(13)3)25-14(2)12-19(16(25)4)21(26)22(27)24-18-10-8-17(23)9-11-18/h5-12H,1-4H3,(H,24,27). The molecule has 138 valence electrons. The molecule has 0 unspecified atom stereocenters. The number of carbonyl (C=O) groups is 2. The maximum Gasteiger partial charge on any atom is 0.296 e. The third-order valence-electron chi connectivity index (χ3n) is 4.80. The highest BCUT2D eigenvalue weighted by Gasteiger charge is 2.23. The summed E-state index contributed by atoms with van der Waals surface area (Å²) in [4.78, 5) is 25.1. The minimum atomic E-state index is -0.747. The van der Waals surface area contributed by atoms with E-state index in [1.54, 1.807) is 6.07 Å². The van der Waals surface area contributed by atoms with Crippen molar-refractivity contribution in [3.05, 3.63) is 82.4 Å². The van der Waals surface area contributed by atoms with Gasteiger partial charge in [0.25, 0.3) is 11.7 Å². The highest BCUT2D eigenvalue weighted by atomic mass is 19.1. The van der Waals surface area contributed by atoms with Gasteiger partial charge in [-0.15, -0.1) is 0 Å². The van der Waals surface area contributed by atoms with Crippen LogP contribution in [-0.4, -0.2) is 16.3 Å². The van der Waals surface area contributed by atoms with Crippen molar-refractivity contribution in [3.63, 3.8) is 0 Å². The monoisotopic (exact) mass is 364 g/mol. The number of carbonyl (C=O) groups excluding carboxylic acids is 2. The lowest BCUT2D eigenvalue weighted by molar-refractivity contribution is -0.112. The summed E-state index contributed by atoms with van der Waals surface area (Å²) in [7, 11) is 0. The van der Waals surface area contributed by atoms with Crippen molar-refractivity contribution in [3.8, 4) is 5.69 Å². The number of rotatable bonds is 4. The minimum Gasteiger partial charge on any atom is -0.319 e.